The Labute approximate surface area is 116 Å². The first-order valence-corrected chi connectivity index (χ1v) is 7.07. The number of nitrogens with one attached hydrogen (secondary N) is 1. The molecule has 1 unspecified atom stereocenters. The largest absolute Gasteiger partial charge is 0.468 e. The molecule has 0 bridgehead atoms. The second kappa shape index (κ2) is 6.07. The molecule has 2 heterocycles. The lowest BCUT2D eigenvalue weighted by Gasteiger charge is -2.28. The lowest BCUT2D eigenvalue weighted by molar-refractivity contribution is 0.178. The lowest BCUT2D eigenvalue weighted by atomic mass is 9.93. The van der Waals surface area contributed by atoms with Gasteiger partial charge in [-0.2, -0.15) is 0 Å². The average molecular weight is 265 g/mol. The van der Waals surface area contributed by atoms with Crippen molar-refractivity contribution in [3.8, 4) is 0 Å². The number of likely N-dealkylation sites (N-methyl/N-ethyl adjacent to an activating group) is 1. The third-order valence-corrected chi connectivity index (χ3v) is 3.54. The van der Waals surface area contributed by atoms with Crippen LogP contribution in [0.3, 0.4) is 0 Å². The van der Waals surface area contributed by atoms with Gasteiger partial charge in [0.2, 0.25) is 0 Å². The normalized spacial score (nSPS) is 24.6. The molecule has 4 nitrogen and oxygen atoms in total. The standard InChI is InChI=1S/C15H27N3O/c1-15(2)11-16-13(8-17(3)4)9-18(12-15)10-14-6-5-7-19-14/h5-7,13,16H,8-12H2,1-4H3. The number of nitrogens with zero attached hydrogens (tertiary/aromatic N) is 2. The van der Waals surface area contributed by atoms with Crippen molar-refractivity contribution in [2.75, 3.05) is 40.3 Å². The van der Waals surface area contributed by atoms with Crippen molar-refractivity contribution in [2.45, 2.75) is 26.4 Å². The maximum absolute atomic E-state index is 5.49. The first-order chi connectivity index (χ1) is 8.94. The molecule has 0 radical (unpaired) electrons. The topological polar surface area (TPSA) is 31.6 Å². The van der Waals surface area contributed by atoms with Gasteiger partial charge in [0.15, 0.2) is 0 Å². The summed E-state index contributed by atoms with van der Waals surface area (Å²) in [4.78, 5) is 4.76. The maximum atomic E-state index is 5.49. The lowest BCUT2D eigenvalue weighted by Crippen LogP contribution is -2.44. The van der Waals surface area contributed by atoms with Crippen LogP contribution in [0.25, 0.3) is 0 Å². The molecule has 108 valence electrons. The van der Waals surface area contributed by atoms with Crippen molar-refractivity contribution in [3.63, 3.8) is 0 Å². The van der Waals surface area contributed by atoms with Crippen LogP contribution in [0.5, 0.6) is 0 Å². The van der Waals surface area contributed by atoms with E-state index in [1.54, 1.807) is 6.26 Å². The Bertz CT molecular complexity index is 373. The second-order valence-corrected chi connectivity index (χ2v) is 6.75. The predicted octanol–water partition coefficient (Wildman–Crippen LogP) is 1.64. The second-order valence-electron chi connectivity index (χ2n) is 6.75. The first kappa shape index (κ1) is 14.6. The molecular formula is C15H27N3O. The number of hydrogen-bond acceptors (Lipinski definition) is 4. The van der Waals surface area contributed by atoms with Crippen molar-refractivity contribution in [1.29, 1.82) is 0 Å². The smallest absolute Gasteiger partial charge is 0.117 e. The van der Waals surface area contributed by atoms with Crippen LogP contribution in [-0.4, -0.2) is 56.1 Å². The highest BCUT2D eigenvalue weighted by Gasteiger charge is 2.29. The zero-order chi connectivity index (χ0) is 13.9. The van der Waals surface area contributed by atoms with Crippen molar-refractivity contribution in [3.05, 3.63) is 24.2 Å². The van der Waals surface area contributed by atoms with Crippen LogP contribution in [0, 0.1) is 5.41 Å². The molecule has 0 amide bonds. The van der Waals surface area contributed by atoms with Gasteiger partial charge in [-0.25, -0.2) is 0 Å². The van der Waals surface area contributed by atoms with Crippen molar-refractivity contribution < 1.29 is 4.42 Å². The Morgan fingerprint density at radius 2 is 2.26 bits per heavy atom. The summed E-state index contributed by atoms with van der Waals surface area (Å²) in [6, 6.07) is 4.55. The minimum absolute atomic E-state index is 0.299. The summed E-state index contributed by atoms with van der Waals surface area (Å²) in [6.45, 7) is 9.88. The summed E-state index contributed by atoms with van der Waals surface area (Å²) in [5.74, 6) is 1.06. The predicted molar refractivity (Wildman–Crippen MR) is 78.1 cm³/mol. The fourth-order valence-corrected chi connectivity index (χ4v) is 2.83. The van der Waals surface area contributed by atoms with Gasteiger partial charge in [-0.15, -0.1) is 0 Å². The van der Waals surface area contributed by atoms with Crippen LogP contribution < -0.4 is 5.32 Å². The highest BCUT2D eigenvalue weighted by Crippen LogP contribution is 2.21. The van der Waals surface area contributed by atoms with E-state index in [0.29, 0.717) is 11.5 Å². The van der Waals surface area contributed by atoms with Gasteiger partial charge in [-0.1, -0.05) is 13.8 Å². The van der Waals surface area contributed by atoms with Gasteiger partial charge in [0, 0.05) is 32.2 Å². The highest BCUT2D eigenvalue weighted by molar-refractivity contribution is 4.99. The van der Waals surface area contributed by atoms with E-state index in [2.05, 4.69) is 49.1 Å². The van der Waals surface area contributed by atoms with Gasteiger partial charge in [-0.05, 0) is 31.6 Å². The Morgan fingerprint density at radius 1 is 1.47 bits per heavy atom. The number of furan rings is 1. The van der Waals surface area contributed by atoms with E-state index in [9.17, 15) is 0 Å². The summed E-state index contributed by atoms with van der Waals surface area (Å²) in [5.41, 5.74) is 0.299. The van der Waals surface area contributed by atoms with E-state index in [-0.39, 0.29) is 0 Å². The van der Waals surface area contributed by atoms with Gasteiger partial charge in [-0.3, -0.25) is 4.90 Å². The minimum Gasteiger partial charge on any atom is -0.468 e. The van der Waals surface area contributed by atoms with E-state index in [1.165, 1.54) is 0 Å². The zero-order valence-electron chi connectivity index (χ0n) is 12.6. The van der Waals surface area contributed by atoms with Gasteiger partial charge in [0.05, 0.1) is 12.8 Å². The SMILES string of the molecule is CN(C)CC1CN(Cc2ccco2)CC(C)(C)CN1. The van der Waals surface area contributed by atoms with Gasteiger partial charge in [0.25, 0.3) is 0 Å². The molecule has 1 aromatic rings. The first-order valence-electron chi connectivity index (χ1n) is 7.07. The van der Waals surface area contributed by atoms with E-state index < -0.39 is 0 Å². The highest BCUT2D eigenvalue weighted by atomic mass is 16.3. The molecule has 4 heteroatoms. The van der Waals surface area contributed by atoms with Crippen molar-refractivity contribution >= 4 is 0 Å². The molecule has 1 fully saturated rings. The summed E-state index contributed by atoms with van der Waals surface area (Å²) >= 11 is 0. The number of hydrogen-bond donors (Lipinski definition) is 1. The van der Waals surface area contributed by atoms with Crippen LogP contribution in [-0.2, 0) is 6.54 Å². The Balaban J connectivity index is 2.01. The summed E-state index contributed by atoms with van der Waals surface area (Å²) in [5, 5.41) is 3.70. The van der Waals surface area contributed by atoms with Gasteiger partial charge >= 0.3 is 0 Å². The van der Waals surface area contributed by atoms with Crippen LogP contribution in [0.1, 0.15) is 19.6 Å². The van der Waals surface area contributed by atoms with Crippen molar-refractivity contribution in [2.24, 2.45) is 5.41 Å². The fraction of sp³-hybridized carbons (Fsp3) is 0.733. The summed E-state index contributed by atoms with van der Waals surface area (Å²) in [7, 11) is 4.27. The summed E-state index contributed by atoms with van der Waals surface area (Å²) < 4.78 is 5.49. The molecule has 2 rings (SSSR count). The van der Waals surface area contributed by atoms with E-state index in [4.69, 9.17) is 4.42 Å². The quantitative estimate of drug-likeness (QED) is 0.897. The third-order valence-electron chi connectivity index (χ3n) is 3.54. The molecule has 1 atom stereocenters. The molecule has 1 aliphatic heterocycles. The molecule has 1 saturated heterocycles. The van der Waals surface area contributed by atoms with Crippen LogP contribution in [0.4, 0.5) is 0 Å². The van der Waals surface area contributed by atoms with E-state index in [0.717, 1.165) is 38.5 Å². The molecule has 0 saturated carbocycles. The molecule has 19 heavy (non-hydrogen) atoms. The molecule has 0 aromatic carbocycles. The van der Waals surface area contributed by atoms with Gasteiger partial charge in [0.1, 0.15) is 5.76 Å². The Kier molecular flexibility index (Phi) is 4.66. The maximum Gasteiger partial charge on any atom is 0.117 e. The average Bonchev–Trinajstić information content (AvgIpc) is 2.72. The fourth-order valence-electron chi connectivity index (χ4n) is 2.83. The van der Waals surface area contributed by atoms with Crippen LogP contribution >= 0.6 is 0 Å². The molecule has 1 aromatic heterocycles. The third kappa shape index (κ3) is 4.64. The van der Waals surface area contributed by atoms with Crippen LogP contribution in [0.15, 0.2) is 22.8 Å². The number of rotatable bonds is 4. The molecular weight excluding hydrogens is 238 g/mol. The zero-order valence-corrected chi connectivity index (χ0v) is 12.6. The Hall–Kier alpha value is -0.840. The van der Waals surface area contributed by atoms with Crippen molar-refractivity contribution in [1.82, 2.24) is 15.1 Å². The monoisotopic (exact) mass is 265 g/mol. The molecule has 0 spiro atoms. The van der Waals surface area contributed by atoms with Crippen LogP contribution in [0.2, 0.25) is 0 Å². The Morgan fingerprint density at radius 3 is 2.89 bits per heavy atom. The summed E-state index contributed by atoms with van der Waals surface area (Å²) in [6.07, 6.45) is 1.76. The van der Waals surface area contributed by atoms with E-state index >= 15 is 0 Å². The van der Waals surface area contributed by atoms with E-state index in [1.807, 2.05) is 6.07 Å². The molecule has 1 aliphatic rings. The van der Waals surface area contributed by atoms with Gasteiger partial charge < -0.3 is 14.6 Å². The molecule has 1 N–H and O–H groups in total. The molecule has 0 aliphatic carbocycles. The minimum atomic E-state index is 0.299.